The third-order valence-corrected chi connectivity index (χ3v) is 3.44. The first-order valence-electron chi connectivity index (χ1n) is 7.37. The van der Waals surface area contributed by atoms with Crippen LogP contribution in [0.5, 0.6) is 11.5 Å². The summed E-state index contributed by atoms with van der Waals surface area (Å²) >= 11 is 0. The van der Waals surface area contributed by atoms with Gasteiger partial charge in [0.15, 0.2) is 0 Å². The Labute approximate surface area is 126 Å². The summed E-state index contributed by atoms with van der Waals surface area (Å²) in [5.41, 5.74) is 2.00. The van der Waals surface area contributed by atoms with Gasteiger partial charge < -0.3 is 15.2 Å². The van der Waals surface area contributed by atoms with Gasteiger partial charge in [0.25, 0.3) is 0 Å². The SMILES string of the molecule is Cc1ccc(C(C)NCCCOc2ccccc2)c(O)c1. The van der Waals surface area contributed by atoms with Gasteiger partial charge in [0.05, 0.1) is 6.61 Å². The molecular formula is C18H23NO2. The van der Waals surface area contributed by atoms with Crippen molar-refractivity contribution >= 4 is 0 Å². The number of aryl methyl sites for hydroxylation is 1. The molecule has 0 aliphatic carbocycles. The number of hydrogen-bond acceptors (Lipinski definition) is 3. The summed E-state index contributed by atoms with van der Waals surface area (Å²) in [7, 11) is 0. The molecule has 0 amide bonds. The van der Waals surface area contributed by atoms with E-state index in [0.717, 1.165) is 29.8 Å². The lowest BCUT2D eigenvalue weighted by Gasteiger charge is -2.16. The molecule has 0 aromatic heterocycles. The molecule has 3 nitrogen and oxygen atoms in total. The van der Waals surface area contributed by atoms with Gasteiger partial charge in [0.2, 0.25) is 0 Å². The second-order valence-corrected chi connectivity index (χ2v) is 5.25. The average molecular weight is 285 g/mol. The van der Waals surface area contributed by atoms with Gasteiger partial charge in [0, 0.05) is 11.6 Å². The van der Waals surface area contributed by atoms with Crippen LogP contribution in [-0.2, 0) is 0 Å². The molecule has 2 aromatic rings. The summed E-state index contributed by atoms with van der Waals surface area (Å²) < 4.78 is 5.64. The van der Waals surface area contributed by atoms with Gasteiger partial charge in [-0.1, -0.05) is 30.3 Å². The Kier molecular flexibility index (Phi) is 5.64. The van der Waals surface area contributed by atoms with Crippen LogP contribution in [0.1, 0.15) is 30.5 Å². The molecule has 1 unspecified atom stereocenters. The van der Waals surface area contributed by atoms with Crippen LogP contribution in [0.25, 0.3) is 0 Å². The number of aromatic hydroxyl groups is 1. The van der Waals surface area contributed by atoms with Crippen molar-refractivity contribution in [2.24, 2.45) is 0 Å². The molecule has 2 rings (SSSR count). The van der Waals surface area contributed by atoms with E-state index < -0.39 is 0 Å². The van der Waals surface area contributed by atoms with E-state index in [2.05, 4.69) is 12.2 Å². The zero-order chi connectivity index (χ0) is 15.1. The smallest absolute Gasteiger partial charge is 0.120 e. The van der Waals surface area contributed by atoms with Gasteiger partial charge in [-0.05, 0) is 50.6 Å². The fraction of sp³-hybridized carbons (Fsp3) is 0.333. The molecule has 0 aliphatic rings. The number of rotatable bonds is 7. The van der Waals surface area contributed by atoms with Gasteiger partial charge in [0.1, 0.15) is 11.5 Å². The third-order valence-electron chi connectivity index (χ3n) is 3.44. The van der Waals surface area contributed by atoms with Gasteiger partial charge in [-0.3, -0.25) is 0 Å². The van der Waals surface area contributed by atoms with E-state index in [0.29, 0.717) is 12.4 Å². The van der Waals surface area contributed by atoms with Crippen LogP contribution >= 0.6 is 0 Å². The molecule has 2 N–H and O–H groups in total. The highest BCUT2D eigenvalue weighted by atomic mass is 16.5. The molecule has 0 aliphatic heterocycles. The molecule has 3 heteroatoms. The number of para-hydroxylation sites is 1. The Morgan fingerprint density at radius 1 is 1.14 bits per heavy atom. The van der Waals surface area contributed by atoms with Crippen LogP contribution < -0.4 is 10.1 Å². The monoisotopic (exact) mass is 285 g/mol. The van der Waals surface area contributed by atoms with Crippen molar-refractivity contribution in [3.63, 3.8) is 0 Å². The van der Waals surface area contributed by atoms with E-state index >= 15 is 0 Å². The minimum absolute atomic E-state index is 0.127. The van der Waals surface area contributed by atoms with E-state index in [9.17, 15) is 5.11 Å². The lowest BCUT2D eigenvalue weighted by atomic mass is 10.1. The topological polar surface area (TPSA) is 41.5 Å². The van der Waals surface area contributed by atoms with Crippen molar-refractivity contribution in [1.82, 2.24) is 5.32 Å². The van der Waals surface area contributed by atoms with Crippen molar-refractivity contribution in [3.8, 4) is 11.5 Å². The lowest BCUT2D eigenvalue weighted by Crippen LogP contribution is -2.21. The van der Waals surface area contributed by atoms with Crippen molar-refractivity contribution in [3.05, 3.63) is 59.7 Å². The highest BCUT2D eigenvalue weighted by Gasteiger charge is 2.09. The fourth-order valence-electron chi connectivity index (χ4n) is 2.23. The second-order valence-electron chi connectivity index (χ2n) is 5.25. The summed E-state index contributed by atoms with van der Waals surface area (Å²) in [6.07, 6.45) is 0.922. The fourth-order valence-corrected chi connectivity index (χ4v) is 2.23. The normalized spacial score (nSPS) is 12.1. The lowest BCUT2D eigenvalue weighted by molar-refractivity contribution is 0.305. The molecular weight excluding hydrogens is 262 g/mol. The number of nitrogens with one attached hydrogen (secondary N) is 1. The van der Waals surface area contributed by atoms with E-state index in [1.165, 1.54) is 0 Å². The van der Waals surface area contributed by atoms with Crippen molar-refractivity contribution in [1.29, 1.82) is 0 Å². The molecule has 2 aromatic carbocycles. The maximum absolute atomic E-state index is 9.95. The molecule has 0 fully saturated rings. The number of hydrogen-bond donors (Lipinski definition) is 2. The molecule has 1 atom stereocenters. The molecule has 0 bridgehead atoms. The first-order chi connectivity index (χ1) is 10.2. The van der Waals surface area contributed by atoms with Crippen LogP contribution in [0.15, 0.2) is 48.5 Å². The Morgan fingerprint density at radius 2 is 1.90 bits per heavy atom. The van der Waals surface area contributed by atoms with Gasteiger partial charge in [-0.15, -0.1) is 0 Å². The Morgan fingerprint density at radius 3 is 2.62 bits per heavy atom. The van der Waals surface area contributed by atoms with Gasteiger partial charge in [-0.25, -0.2) is 0 Å². The zero-order valence-corrected chi connectivity index (χ0v) is 12.7. The predicted octanol–water partition coefficient (Wildman–Crippen LogP) is 3.82. The molecule has 0 radical (unpaired) electrons. The summed E-state index contributed by atoms with van der Waals surface area (Å²) in [4.78, 5) is 0. The molecule has 112 valence electrons. The van der Waals surface area contributed by atoms with Crippen LogP contribution in [0.4, 0.5) is 0 Å². The Hall–Kier alpha value is -2.00. The van der Waals surface area contributed by atoms with Gasteiger partial charge >= 0.3 is 0 Å². The molecule has 0 spiro atoms. The largest absolute Gasteiger partial charge is 0.508 e. The van der Waals surface area contributed by atoms with Crippen molar-refractivity contribution in [2.75, 3.05) is 13.2 Å². The van der Waals surface area contributed by atoms with E-state index in [1.807, 2.05) is 49.4 Å². The molecule has 0 saturated carbocycles. The summed E-state index contributed by atoms with van der Waals surface area (Å²) in [6.45, 7) is 5.57. The third kappa shape index (κ3) is 4.80. The minimum Gasteiger partial charge on any atom is -0.508 e. The number of phenols is 1. The number of phenolic OH excluding ortho intramolecular Hbond substituents is 1. The Balaban J connectivity index is 1.71. The number of benzene rings is 2. The molecule has 0 saturated heterocycles. The zero-order valence-electron chi connectivity index (χ0n) is 12.7. The summed E-state index contributed by atoms with van der Waals surface area (Å²) in [6, 6.07) is 15.7. The molecule has 21 heavy (non-hydrogen) atoms. The van der Waals surface area contributed by atoms with E-state index in [4.69, 9.17) is 4.74 Å². The predicted molar refractivity (Wildman–Crippen MR) is 85.8 cm³/mol. The second kappa shape index (κ2) is 7.70. The van der Waals surface area contributed by atoms with Crippen LogP contribution in [-0.4, -0.2) is 18.3 Å². The Bertz CT molecular complexity index is 554. The minimum atomic E-state index is 0.127. The summed E-state index contributed by atoms with van der Waals surface area (Å²) in [5, 5.41) is 13.4. The van der Waals surface area contributed by atoms with Crippen LogP contribution in [0.2, 0.25) is 0 Å². The summed E-state index contributed by atoms with van der Waals surface area (Å²) in [5.74, 6) is 1.26. The van der Waals surface area contributed by atoms with Crippen molar-refractivity contribution in [2.45, 2.75) is 26.3 Å². The quantitative estimate of drug-likeness (QED) is 0.760. The highest BCUT2D eigenvalue weighted by molar-refractivity contribution is 5.37. The maximum atomic E-state index is 9.95. The first kappa shape index (κ1) is 15.4. The van der Waals surface area contributed by atoms with E-state index in [-0.39, 0.29) is 6.04 Å². The standard InChI is InChI=1S/C18H23NO2/c1-14-9-10-17(18(20)13-14)15(2)19-11-6-12-21-16-7-4-3-5-8-16/h3-5,7-10,13,15,19-20H,6,11-12H2,1-2H3. The molecule has 0 heterocycles. The van der Waals surface area contributed by atoms with E-state index in [1.54, 1.807) is 6.07 Å². The van der Waals surface area contributed by atoms with Crippen LogP contribution in [0.3, 0.4) is 0 Å². The number of ether oxygens (including phenoxy) is 1. The highest BCUT2D eigenvalue weighted by Crippen LogP contribution is 2.24. The van der Waals surface area contributed by atoms with Crippen molar-refractivity contribution < 1.29 is 9.84 Å². The van der Waals surface area contributed by atoms with Gasteiger partial charge in [-0.2, -0.15) is 0 Å². The maximum Gasteiger partial charge on any atom is 0.120 e. The average Bonchev–Trinajstić information content (AvgIpc) is 2.47. The van der Waals surface area contributed by atoms with Crippen LogP contribution in [0, 0.1) is 6.92 Å². The first-order valence-corrected chi connectivity index (χ1v) is 7.37.